The van der Waals surface area contributed by atoms with Crippen LogP contribution in [0.2, 0.25) is 0 Å². The summed E-state index contributed by atoms with van der Waals surface area (Å²) in [6.45, 7) is 0.388. The number of carboxylic acids is 1. The van der Waals surface area contributed by atoms with E-state index in [1.165, 1.54) is 24.6 Å². The number of hydrogen-bond donors (Lipinski definition) is 2. The van der Waals surface area contributed by atoms with Crippen LogP contribution in [0, 0.1) is 5.82 Å². The second-order valence-corrected chi connectivity index (χ2v) is 6.00. The number of thioether (sulfide) groups is 1. The Bertz CT molecular complexity index is 467. The zero-order chi connectivity index (χ0) is 13.8. The molecule has 0 aromatic heterocycles. The number of nitrogens with one attached hydrogen (secondary N) is 1. The van der Waals surface area contributed by atoms with Crippen molar-refractivity contribution in [2.45, 2.75) is 37.1 Å². The number of benzene rings is 1. The van der Waals surface area contributed by atoms with Gasteiger partial charge in [-0.15, -0.1) is 0 Å². The van der Waals surface area contributed by atoms with Crippen LogP contribution in [0.15, 0.2) is 18.2 Å². The molecule has 104 valence electrons. The molecular formula is C14H18FNO2S. The van der Waals surface area contributed by atoms with E-state index in [4.69, 9.17) is 5.11 Å². The molecule has 3 nitrogen and oxygen atoms in total. The number of halogens is 1. The lowest BCUT2D eigenvalue weighted by molar-refractivity contribution is 0.0696. The molecule has 1 aromatic carbocycles. The van der Waals surface area contributed by atoms with Gasteiger partial charge in [0.2, 0.25) is 0 Å². The van der Waals surface area contributed by atoms with E-state index >= 15 is 0 Å². The minimum Gasteiger partial charge on any atom is -0.478 e. The topological polar surface area (TPSA) is 49.3 Å². The van der Waals surface area contributed by atoms with Crippen molar-refractivity contribution in [2.24, 2.45) is 0 Å². The van der Waals surface area contributed by atoms with E-state index < -0.39 is 5.97 Å². The normalized spacial score (nSPS) is 22.6. The van der Waals surface area contributed by atoms with Crippen molar-refractivity contribution in [3.05, 3.63) is 35.1 Å². The van der Waals surface area contributed by atoms with Crippen molar-refractivity contribution >= 4 is 17.7 Å². The Morgan fingerprint density at radius 1 is 1.53 bits per heavy atom. The van der Waals surface area contributed by atoms with Gasteiger partial charge in [0.05, 0.1) is 5.56 Å². The van der Waals surface area contributed by atoms with Crippen LogP contribution in [0.1, 0.15) is 35.2 Å². The number of rotatable bonds is 5. The summed E-state index contributed by atoms with van der Waals surface area (Å²) in [6, 6.07) is 4.33. The third-order valence-electron chi connectivity index (χ3n) is 3.59. The van der Waals surface area contributed by atoms with E-state index in [-0.39, 0.29) is 11.4 Å². The van der Waals surface area contributed by atoms with Crippen LogP contribution in [0.4, 0.5) is 4.39 Å². The Morgan fingerprint density at radius 2 is 2.32 bits per heavy atom. The fourth-order valence-corrected chi connectivity index (χ4v) is 3.23. The van der Waals surface area contributed by atoms with Gasteiger partial charge in [0, 0.05) is 23.4 Å². The molecule has 1 aromatic rings. The highest BCUT2D eigenvalue weighted by atomic mass is 32.2. The molecule has 0 amide bonds. The van der Waals surface area contributed by atoms with Crippen LogP contribution in [-0.4, -0.2) is 28.6 Å². The van der Waals surface area contributed by atoms with E-state index in [2.05, 4.69) is 11.6 Å². The Labute approximate surface area is 116 Å². The Hall–Kier alpha value is -1.07. The van der Waals surface area contributed by atoms with Crippen molar-refractivity contribution in [1.82, 2.24) is 5.32 Å². The molecule has 2 unspecified atom stereocenters. The average Bonchev–Trinajstić information content (AvgIpc) is 2.85. The molecular weight excluding hydrogens is 265 g/mol. The van der Waals surface area contributed by atoms with Crippen molar-refractivity contribution in [1.29, 1.82) is 0 Å². The second-order valence-electron chi connectivity index (χ2n) is 4.86. The summed E-state index contributed by atoms with van der Waals surface area (Å²) >= 11 is 1.88. The first-order valence-corrected chi connectivity index (χ1v) is 7.67. The number of carboxylic acid groups (broad SMARTS) is 1. The largest absolute Gasteiger partial charge is 0.478 e. The number of aromatic carboxylic acids is 1. The smallest absolute Gasteiger partial charge is 0.335 e. The summed E-state index contributed by atoms with van der Waals surface area (Å²) in [6.07, 6.45) is 5.51. The highest BCUT2D eigenvalue weighted by Gasteiger charge is 2.23. The fourth-order valence-electron chi connectivity index (χ4n) is 2.44. The van der Waals surface area contributed by atoms with Crippen molar-refractivity contribution < 1.29 is 14.3 Å². The van der Waals surface area contributed by atoms with Crippen LogP contribution < -0.4 is 5.32 Å². The zero-order valence-corrected chi connectivity index (χ0v) is 11.7. The average molecular weight is 283 g/mol. The van der Waals surface area contributed by atoms with Crippen molar-refractivity contribution in [3.8, 4) is 0 Å². The molecule has 0 spiro atoms. The van der Waals surface area contributed by atoms with Crippen LogP contribution >= 0.6 is 11.8 Å². The summed E-state index contributed by atoms with van der Waals surface area (Å²) in [5.74, 6) is -1.37. The van der Waals surface area contributed by atoms with E-state index in [0.717, 1.165) is 12.8 Å². The third kappa shape index (κ3) is 3.70. The first-order valence-electron chi connectivity index (χ1n) is 6.38. The first-order chi connectivity index (χ1) is 9.10. The third-order valence-corrected chi connectivity index (χ3v) is 4.69. The summed E-state index contributed by atoms with van der Waals surface area (Å²) in [5.41, 5.74) is 0.555. The van der Waals surface area contributed by atoms with Crippen molar-refractivity contribution in [3.63, 3.8) is 0 Å². The summed E-state index contributed by atoms with van der Waals surface area (Å²) < 4.78 is 13.6. The van der Waals surface area contributed by atoms with Crippen LogP contribution in [0.5, 0.6) is 0 Å². The maximum Gasteiger partial charge on any atom is 0.335 e. The number of hydrogen-bond acceptors (Lipinski definition) is 3. The Kier molecular flexibility index (Phi) is 4.82. The minimum atomic E-state index is -1.02. The van der Waals surface area contributed by atoms with Crippen LogP contribution in [0.3, 0.4) is 0 Å². The maximum atomic E-state index is 13.6. The van der Waals surface area contributed by atoms with Crippen LogP contribution in [0.25, 0.3) is 0 Å². The SMILES string of the molecule is CSC1CCC(NCc2cc(C(=O)O)ccc2F)C1. The van der Waals surface area contributed by atoms with Crippen LogP contribution in [-0.2, 0) is 6.54 Å². The van der Waals surface area contributed by atoms with Gasteiger partial charge in [-0.2, -0.15) is 11.8 Å². The van der Waals surface area contributed by atoms with Gasteiger partial charge >= 0.3 is 5.97 Å². The molecule has 1 saturated carbocycles. The van der Waals surface area contributed by atoms with Gasteiger partial charge in [-0.3, -0.25) is 0 Å². The standard InChI is InChI=1S/C14H18FNO2S/c1-19-12-4-3-11(7-12)16-8-10-6-9(14(17)18)2-5-13(10)15/h2,5-6,11-12,16H,3-4,7-8H2,1H3,(H,17,18). The lowest BCUT2D eigenvalue weighted by Gasteiger charge is -2.13. The van der Waals surface area contributed by atoms with Gasteiger partial charge in [0.1, 0.15) is 5.82 Å². The first kappa shape index (κ1) is 14.3. The van der Waals surface area contributed by atoms with E-state index in [1.54, 1.807) is 0 Å². The maximum absolute atomic E-state index is 13.6. The molecule has 0 radical (unpaired) electrons. The molecule has 1 fully saturated rings. The summed E-state index contributed by atoms with van der Waals surface area (Å²) in [7, 11) is 0. The van der Waals surface area contributed by atoms with Gasteiger partial charge < -0.3 is 10.4 Å². The summed E-state index contributed by atoms with van der Waals surface area (Å²) in [5, 5.41) is 12.9. The minimum absolute atomic E-state index is 0.131. The highest BCUT2D eigenvalue weighted by Crippen LogP contribution is 2.28. The molecule has 2 N–H and O–H groups in total. The predicted octanol–water partition coefficient (Wildman–Crippen LogP) is 2.90. The lowest BCUT2D eigenvalue weighted by atomic mass is 10.1. The molecule has 0 aliphatic heterocycles. The molecule has 2 atom stereocenters. The summed E-state index contributed by atoms with van der Waals surface area (Å²) in [4.78, 5) is 10.9. The van der Waals surface area contributed by atoms with Gasteiger partial charge in [-0.25, -0.2) is 9.18 Å². The molecule has 2 rings (SSSR count). The van der Waals surface area contributed by atoms with Gasteiger partial charge in [0.15, 0.2) is 0 Å². The fraction of sp³-hybridized carbons (Fsp3) is 0.500. The Balaban J connectivity index is 1.96. The van der Waals surface area contributed by atoms with E-state index in [1.807, 2.05) is 11.8 Å². The molecule has 5 heteroatoms. The van der Waals surface area contributed by atoms with Gasteiger partial charge in [-0.1, -0.05) is 0 Å². The van der Waals surface area contributed by atoms with Crippen molar-refractivity contribution in [2.75, 3.05) is 6.26 Å². The van der Waals surface area contributed by atoms with E-state index in [9.17, 15) is 9.18 Å². The van der Waals surface area contributed by atoms with Gasteiger partial charge in [-0.05, 0) is 43.7 Å². The zero-order valence-electron chi connectivity index (χ0n) is 10.9. The molecule has 0 saturated heterocycles. The lowest BCUT2D eigenvalue weighted by Crippen LogP contribution is -2.26. The molecule has 1 aliphatic rings. The molecule has 1 aliphatic carbocycles. The second kappa shape index (κ2) is 6.39. The van der Waals surface area contributed by atoms with Gasteiger partial charge in [0.25, 0.3) is 0 Å². The molecule has 19 heavy (non-hydrogen) atoms. The van der Waals surface area contributed by atoms with E-state index in [0.29, 0.717) is 23.4 Å². The number of carbonyl (C=O) groups is 1. The highest BCUT2D eigenvalue weighted by molar-refractivity contribution is 7.99. The monoisotopic (exact) mass is 283 g/mol. The predicted molar refractivity (Wildman–Crippen MR) is 75.1 cm³/mol. The molecule has 0 bridgehead atoms. The Morgan fingerprint density at radius 3 is 2.95 bits per heavy atom. The quantitative estimate of drug-likeness (QED) is 0.872. The molecule has 0 heterocycles.